The highest BCUT2D eigenvalue weighted by atomic mass is 35.5. The van der Waals surface area contributed by atoms with Crippen LogP contribution in [0.4, 0.5) is 15.9 Å². The number of benzene rings is 2. The third kappa shape index (κ3) is 4.39. The third-order valence-corrected chi connectivity index (χ3v) is 5.58. The highest BCUT2D eigenvalue weighted by molar-refractivity contribution is 6.31. The molecule has 2 aromatic carbocycles. The van der Waals surface area contributed by atoms with E-state index in [1.165, 1.54) is 30.3 Å². The Labute approximate surface area is 197 Å². The number of fused-ring (bicyclic) bond motifs is 3. The molecule has 1 atom stereocenters. The van der Waals surface area contributed by atoms with Gasteiger partial charge in [-0.3, -0.25) is 10.3 Å². The fourth-order valence-electron chi connectivity index (χ4n) is 3.64. The average molecular weight is 477 g/mol. The molecule has 3 heterocycles. The Balaban J connectivity index is 1.59. The maximum Gasteiger partial charge on any atom is 0.335 e. The lowest BCUT2D eigenvalue weighted by Gasteiger charge is -2.20. The van der Waals surface area contributed by atoms with E-state index in [0.29, 0.717) is 28.9 Å². The van der Waals surface area contributed by atoms with Crippen molar-refractivity contribution in [1.82, 2.24) is 20.6 Å². The maximum atomic E-state index is 13.6. The monoisotopic (exact) mass is 476 g/mol. The van der Waals surface area contributed by atoms with Crippen molar-refractivity contribution in [2.45, 2.75) is 12.8 Å². The van der Waals surface area contributed by atoms with E-state index < -0.39 is 18.1 Å². The van der Waals surface area contributed by atoms with Crippen molar-refractivity contribution in [3.05, 3.63) is 93.5 Å². The summed E-state index contributed by atoms with van der Waals surface area (Å²) in [6, 6.07) is 12.8. The smallest absolute Gasteiger partial charge is 0.335 e. The number of anilines is 2. The van der Waals surface area contributed by atoms with E-state index in [0.717, 1.165) is 16.2 Å². The van der Waals surface area contributed by atoms with Crippen molar-refractivity contribution in [1.29, 1.82) is 0 Å². The van der Waals surface area contributed by atoms with Crippen molar-refractivity contribution in [2.75, 3.05) is 5.32 Å². The molecule has 34 heavy (non-hydrogen) atoms. The average Bonchev–Trinajstić information content (AvgIpc) is 2.85. The molecule has 0 saturated carbocycles. The van der Waals surface area contributed by atoms with Crippen LogP contribution < -0.4 is 26.5 Å². The number of nitrogens with one attached hydrogen (secondary N) is 3. The van der Waals surface area contributed by atoms with Gasteiger partial charge in [0.05, 0.1) is 16.1 Å². The van der Waals surface area contributed by atoms with E-state index in [1.54, 1.807) is 18.5 Å². The predicted molar refractivity (Wildman–Crippen MR) is 127 cm³/mol. The normalized spacial score (nSPS) is 14.5. The van der Waals surface area contributed by atoms with Crippen LogP contribution >= 0.6 is 11.6 Å². The van der Waals surface area contributed by atoms with Crippen LogP contribution in [0.2, 0.25) is 5.02 Å². The molecule has 0 aliphatic carbocycles. The van der Waals surface area contributed by atoms with Crippen LogP contribution in [0.25, 0.3) is 17.1 Å². The Morgan fingerprint density at radius 1 is 1.21 bits per heavy atom. The van der Waals surface area contributed by atoms with Gasteiger partial charge in [-0.25, -0.2) is 19.2 Å². The Hall–Kier alpha value is -4.08. The molecule has 0 spiro atoms. The fraction of sp³-hybridized carbons (Fsp3) is 0.0833. The first-order chi connectivity index (χ1) is 16.5. The summed E-state index contributed by atoms with van der Waals surface area (Å²) in [4.78, 5) is 25.0. The van der Waals surface area contributed by atoms with E-state index in [4.69, 9.17) is 16.6 Å². The summed E-state index contributed by atoms with van der Waals surface area (Å²) < 4.78 is 13.6. The number of rotatable bonds is 6. The van der Waals surface area contributed by atoms with Crippen molar-refractivity contribution < 1.29 is 14.3 Å². The first-order valence-electron chi connectivity index (χ1n) is 10.3. The number of pyridine rings is 2. The zero-order valence-electron chi connectivity index (χ0n) is 17.6. The van der Waals surface area contributed by atoms with Gasteiger partial charge in [0.1, 0.15) is 11.2 Å². The number of halogens is 2. The summed E-state index contributed by atoms with van der Waals surface area (Å²) in [6.07, 6.45) is 4.86. The van der Waals surface area contributed by atoms with Crippen molar-refractivity contribution in [3.8, 4) is 0 Å². The van der Waals surface area contributed by atoms with Gasteiger partial charge in [0, 0.05) is 41.4 Å². The van der Waals surface area contributed by atoms with Crippen molar-refractivity contribution in [2.24, 2.45) is 4.99 Å². The van der Waals surface area contributed by atoms with Gasteiger partial charge >= 0.3 is 5.97 Å². The van der Waals surface area contributed by atoms with Gasteiger partial charge in [-0.1, -0.05) is 23.7 Å². The highest BCUT2D eigenvalue weighted by Gasteiger charge is 2.16. The number of nitrogens with zero attached hydrogens (tertiary/aromatic N) is 3. The molecule has 4 N–H and O–H groups in total. The zero-order valence-corrected chi connectivity index (χ0v) is 18.3. The Kier molecular flexibility index (Phi) is 5.79. The first kappa shape index (κ1) is 21.7. The Morgan fingerprint density at radius 2 is 2.09 bits per heavy atom. The van der Waals surface area contributed by atoms with Crippen LogP contribution in [0.1, 0.15) is 15.9 Å². The molecule has 0 radical (unpaired) electrons. The number of hydrogen-bond acceptors (Lipinski definition) is 7. The summed E-state index contributed by atoms with van der Waals surface area (Å²) in [5.41, 5.74) is 2.11. The van der Waals surface area contributed by atoms with E-state index in [1.807, 2.05) is 18.3 Å². The molecule has 5 rings (SSSR count). The van der Waals surface area contributed by atoms with Crippen molar-refractivity contribution in [3.63, 3.8) is 0 Å². The molecular weight excluding hydrogens is 459 g/mol. The number of carboxylic acids is 1. The van der Waals surface area contributed by atoms with Crippen LogP contribution in [0.15, 0.2) is 65.9 Å². The fourth-order valence-corrected chi connectivity index (χ4v) is 3.82. The molecule has 0 fully saturated rings. The number of aromatic carboxylic acids is 1. The van der Waals surface area contributed by atoms with Crippen LogP contribution in [-0.4, -0.2) is 27.3 Å². The largest absolute Gasteiger partial charge is 0.478 e. The van der Waals surface area contributed by atoms with Crippen LogP contribution in [0, 0.1) is 5.82 Å². The molecule has 1 aliphatic rings. The van der Waals surface area contributed by atoms with Gasteiger partial charge in [0.15, 0.2) is 12.1 Å². The number of hydrogen-bond donors (Lipinski definition) is 4. The Bertz CT molecular complexity index is 1530. The molecule has 8 nitrogen and oxygen atoms in total. The van der Waals surface area contributed by atoms with Crippen molar-refractivity contribution >= 4 is 46.2 Å². The molecule has 2 aromatic heterocycles. The van der Waals surface area contributed by atoms with Gasteiger partial charge < -0.3 is 15.7 Å². The van der Waals surface area contributed by atoms with Crippen LogP contribution in [0.5, 0.6) is 0 Å². The summed E-state index contributed by atoms with van der Waals surface area (Å²) >= 11 is 5.94. The SMILES string of the molecule is O=C(O)c1ccc2c3c(c(Nc4ccc(F)c(Cl)c4)nc2c1)=NC(NCc1cccnc1)NC=3. The zero-order chi connectivity index (χ0) is 23.7. The molecule has 1 aliphatic heterocycles. The molecule has 4 aromatic rings. The summed E-state index contributed by atoms with van der Waals surface area (Å²) in [6.45, 7) is 0.539. The van der Waals surface area contributed by atoms with Gasteiger partial charge in [0.2, 0.25) is 0 Å². The highest BCUT2D eigenvalue weighted by Crippen LogP contribution is 2.22. The summed E-state index contributed by atoms with van der Waals surface area (Å²) in [7, 11) is 0. The number of aromatic nitrogens is 2. The van der Waals surface area contributed by atoms with Crippen LogP contribution in [-0.2, 0) is 6.54 Å². The second-order valence-corrected chi connectivity index (χ2v) is 8.01. The predicted octanol–water partition coefficient (Wildman–Crippen LogP) is 2.90. The molecular formula is C24H18ClFN6O2. The molecule has 0 amide bonds. The lowest BCUT2D eigenvalue weighted by Crippen LogP contribution is -2.47. The minimum atomic E-state index is -1.05. The molecule has 10 heteroatoms. The topological polar surface area (TPSA) is 112 Å². The summed E-state index contributed by atoms with van der Waals surface area (Å²) in [5, 5.41) is 21.1. The minimum absolute atomic E-state index is 0.0333. The van der Waals surface area contributed by atoms with E-state index in [-0.39, 0.29) is 10.6 Å². The van der Waals surface area contributed by atoms with Gasteiger partial charge in [-0.05, 0) is 42.0 Å². The van der Waals surface area contributed by atoms with Crippen LogP contribution in [0.3, 0.4) is 0 Å². The first-order valence-corrected chi connectivity index (χ1v) is 10.7. The molecule has 0 bridgehead atoms. The van der Waals surface area contributed by atoms with Gasteiger partial charge in [-0.15, -0.1) is 0 Å². The molecule has 0 saturated heterocycles. The van der Waals surface area contributed by atoms with E-state index in [9.17, 15) is 14.3 Å². The summed E-state index contributed by atoms with van der Waals surface area (Å²) in [5.74, 6) is -1.19. The third-order valence-electron chi connectivity index (χ3n) is 5.29. The number of carbonyl (C=O) groups is 1. The lowest BCUT2D eigenvalue weighted by atomic mass is 10.1. The quantitative estimate of drug-likeness (QED) is 0.338. The molecule has 170 valence electrons. The maximum absolute atomic E-state index is 13.6. The van der Waals surface area contributed by atoms with E-state index in [2.05, 4.69) is 25.9 Å². The lowest BCUT2D eigenvalue weighted by molar-refractivity contribution is 0.0697. The number of carboxylic acid groups (broad SMARTS) is 1. The minimum Gasteiger partial charge on any atom is -0.478 e. The Morgan fingerprint density at radius 3 is 2.85 bits per heavy atom. The van der Waals surface area contributed by atoms with E-state index >= 15 is 0 Å². The van der Waals surface area contributed by atoms with Gasteiger partial charge in [-0.2, -0.15) is 0 Å². The molecule has 1 unspecified atom stereocenters. The standard InChI is InChI=1S/C24H18ClFN6O2/c25-18-9-15(4-6-19(18)26)30-22-21-17(16-5-3-14(23(33)34)8-20(16)31-22)12-29-24(32-21)28-11-13-2-1-7-27-10-13/h1-10,12,24,28-29H,11H2,(H,30,31)(H,33,34). The van der Waals surface area contributed by atoms with Gasteiger partial charge in [0.25, 0.3) is 0 Å². The second kappa shape index (κ2) is 9.05. The second-order valence-electron chi connectivity index (χ2n) is 7.60.